The lowest BCUT2D eigenvalue weighted by atomic mass is 10.4. The summed E-state index contributed by atoms with van der Waals surface area (Å²) in [5, 5.41) is 0.590. The first-order chi connectivity index (χ1) is 6.22. The number of nitrogens with zero attached hydrogens (tertiary/aromatic N) is 3. The molecule has 0 spiro atoms. The third-order valence-electron chi connectivity index (χ3n) is 1.89. The van der Waals surface area contributed by atoms with Crippen LogP contribution in [0.2, 0.25) is 5.02 Å². The van der Waals surface area contributed by atoms with E-state index in [1.54, 1.807) is 12.3 Å². The lowest BCUT2D eigenvalue weighted by molar-refractivity contribution is 0.863. The maximum absolute atomic E-state index is 5.78. The molecular formula is C8H7Cl2N3. The van der Waals surface area contributed by atoms with Gasteiger partial charge in [0.25, 0.3) is 0 Å². The zero-order valence-corrected chi connectivity index (χ0v) is 8.47. The van der Waals surface area contributed by atoms with E-state index in [1.165, 1.54) is 0 Å². The van der Waals surface area contributed by atoms with Crippen LogP contribution < -0.4 is 0 Å². The summed E-state index contributed by atoms with van der Waals surface area (Å²) in [5.41, 5.74) is 1.59. The molecule has 0 amide bonds. The van der Waals surface area contributed by atoms with Crippen LogP contribution in [0, 0.1) is 0 Å². The summed E-state index contributed by atoms with van der Waals surface area (Å²) in [5.74, 6) is 1.18. The normalized spacial score (nSPS) is 11.0. The van der Waals surface area contributed by atoms with E-state index in [0.29, 0.717) is 10.9 Å². The molecule has 0 bridgehead atoms. The Labute approximate surface area is 85.3 Å². The molecular weight excluding hydrogens is 209 g/mol. The van der Waals surface area contributed by atoms with Crippen LogP contribution >= 0.6 is 23.2 Å². The molecule has 2 aromatic heterocycles. The number of aromatic nitrogens is 3. The summed E-state index contributed by atoms with van der Waals surface area (Å²) < 4.78 is 1.86. The molecule has 0 aromatic carbocycles. The van der Waals surface area contributed by atoms with Gasteiger partial charge in [0, 0.05) is 13.2 Å². The molecule has 0 aliphatic rings. The van der Waals surface area contributed by atoms with Crippen molar-refractivity contribution in [3.63, 3.8) is 0 Å². The second-order valence-corrected chi connectivity index (χ2v) is 3.42. The van der Waals surface area contributed by atoms with Crippen molar-refractivity contribution < 1.29 is 0 Å². The molecule has 0 aliphatic heterocycles. The fourth-order valence-electron chi connectivity index (χ4n) is 1.22. The van der Waals surface area contributed by atoms with Crippen molar-refractivity contribution in [1.82, 2.24) is 14.5 Å². The van der Waals surface area contributed by atoms with Crippen molar-refractivity contribution in [3.8, 4) is 0 Å². The van der Waals surface area contributed by atoms with Gasteiger partial charge in [-0.2, -0.15) is 0 Å². The molecule has 0 aliphatic carbocycles. The van der Waals surface area contributed by atoms with E-state index in [0.717, 1.165) is 17.0 Å². The summed E-state index contributed by atoms with van der Waals surface area (Å²) in [6.07, 6.45) is 1.60. The number of pyridine rings is 1. The third kappa shape index (κ3) is 1.38. The van der Waals surface area contributed by atoms with Crippen molar-refractivity contribution in [2.24, 2.45) is 7.05 Å². The number of rotatable bonds is 1. The fourth-order valence-corrected chi connectivity index (χ4v) is 1.61. The second-order valence-electron chi connectivity index (χ2n) is 2.72. The Hall–Kier alpha value is -0.800. The van der Waals surface area contributed by atoms with E-state index in [1.807, 2.05) is 11.6 Å². The van der Waals surface area contributed by atoms with Gasteiger partial charge in [-0.15, -0.1) is 11.6 Å². The highest BCUT2D eigenvalue weighted by molar-refractivity contribution is 6.31. The van der Waals surface area contributed by atoms with Crippen LogP contribution in [0.3, 0.4) is 0 Å². The van der Waals surface area contributed by atoms with Gasteiger partial charge < -0.3 is 4.57 Å². The Morgan fingerprint density at radius 2 is 2.31 bits per heavy atom. The number of fused-ring (bicyclic) bond motifs is 1. The van der Waals surface area contributed by atoms with Crippen molar-refractivity contribution in [3.05, 3.63) is 23.1 Å². The Balaban J connectivity index is 2.76. The average Bonchev–Trinajstić information content (AvgIpc) is 2.42. The molecule has 68 valence electrons. The highest BCUT2D eigenvalue weighted by atomic mass is 35.5. The van der Waals surface area contributed by atoms with Crippen LogP contribution in [-0.4, -0.2) is 14.5 Å². The topological polar surface area (TPSA) is 30.7 Å². The molecule has 0 saturated carbocycles. The monoisotopic (exact) mass is 215 g/mol. The van der Waals surface area contributed by atoms with E-state index in [-0.39, 0.29) is 0 Å². The molecule has 2 aromatic rings. The van der Waals surface area contributed by atoms with E-state index < -0.39 is 0 Å². The van der Waals surface area contributed by atoms with Crippen LogP contribution in [-0.2, 0) is 12.9 Å². The van der Waals surface area contributed by atoms with Crippen molar-refractivity contribution in [1.29, 1.82) is 0 Å². The minimum Gasteiger partial charge on any atom is -0.315 e. The Morgan fingerprint density at radius 1 is 1.54 bits per heavy atom. The van der Waals surface area contributed by atoms with Gasteiger partial charge >= 0.3 is 0 Å². The lowest BCUT2D eigenvalue weighted by Gasteiger charge is -1.95. The first-order valence-electron chi connectivity index (χ1n) is 3.75. The van der Waals surface area contributed by atoms with Gasteiger partial charge in [0.2, 0.25) is 0 Å². The molecule has 2 heterocycles. The van der Waals surface area contributed by atoms with Gasteiger partial charge in [0.15, 0.2) is 5.65 Å². The highest BCUT2D eigenvalue weighted by Crippen LogP contribution is 2.17. The third-order valence-corrected chi connectivity index (χ3v) is 2.33. The maximum atomic E-state index is 5.78. The SMILES string of the molecule is Cn1c(CCl)nc2cc(Cl)cnc21. The zero-order chi connectivity index (χ0) is 9.42. The van der Waals surface area contributed by atoms with E-state index in [9.17, 15) is 0 Å². The van der Waals surface area contributed by atoms with E-state index >= 15 is 0 Å². The molecule has 0 N–H and O–H groups in total. The number of halogens is 2. The van der Waals surface area contributed by atoms with Gasteiger partial charge in [-0.25, -0.2) is 9.97 Å². The molecule has 5 heteroatoms. The quantitative estimate of drug-likeness (QED) is 0.685. The molecule has 0 saturated heterocycles. The minimum atomic E-state index is 0.379. The summed E-state index contributed by atoms with van der Waals surface area (Å²) in [6.45, 7) is 0. The number of hydrogen-bond donors (Lipinski definition) is 0. The van der Waals surface area contributed by atoms with Crippen LogP contribution in [0.4, 0.5) is 0 Å². The Kier molecular flexibility index (Phi) is 2.14. The van der Waals surface area contributed by atoms with Gasteiger partial charge in [-0.1, -0.05) is 11.6 Å². The van der Waals surface area contributed by atoms with Crippen molar-refractivity contribution in [2.75, 3.05) is 0 Å². The average molecular weight is 216 g/mol. The summed E-state index contributed by atoms with van der Waals surface area (Å²) in [4.78, 5) is 8.43. The molecule has 2 rings (SSSR count). The molecule has 0 atom stereocenters. The number of aryl methyl sites for hydroxylation is 1. The largest absolute Gasteiger partial charge is 0.315 e. The second kappa shape index (κ2) is 3.16. The minimum absolute atomic E-state index is 0.379. The van der Waals surface area contributed by atoms with E-state index in [2.05, 4.69) is 9.97 Å². The van der Waals surface area contributed by atoms with Crippen molar-refractivity contribution in [2.45, 2.75) is 5.88 Å². The van der Waals surface area contributed by atoms with Gasteiger partial charge in [0.1, 0.15) is 11.3 Å². The smallest absolute Gasteiger partial charge is 0.159 e. The van der Waals surface area contributed by atoms with Gasteiger partial charge in [0.05, 0.1) is 10.9 Å². The Bertz CT molecular complexity index is 450. The lowest BCUT2D eigenvalue weighted by Crippen LogP contribution is -1.94. The van der Waals surface area contributed by atoms with Crippen LogP contribution in [0.15, 0.2) is 12.3 Å². The molecule has 13 heavy (non-hydrogen) atoms. The maximum Gasteiger partial charge on any atom is 0.159 e. The number of hydrogen-bond acceptors (Lipinski definition) is 2. The highest BCUT2D eigenvalue weighted by Gasteiger charge is 2.07. The van der Waals surface area contributed by atoms with Crippen molar-refractivity contribution >= 4 is 34.4 Å². The van der Waals surface area contributed by atoms with E-state index in [4.69, 9.17) is 23.2 Å². The van der Waals surface area contributed by atoms with Gasteiger partial charge in [-0.3, -0.25) is 0 Å². The standard InChI is InChI=1S/C8H7Cl2N3/c1-13-7(3-9)12-6-2-5(10)4-11-8(6)13/h2,4H,3H2,1H3. The predicted octanol–water partition coefficient (Wildman–Crippen LogP) is 2.36. The molecule has 0 unspecified atom stereocenters. The van der Waals surface area contributed by atoms with Crippen LogP contribution in [0.25, 0.3) is 11.2 Å². The first-order valence-corrected chi connectivity index (χ1v) is 4.66. The fraction of sp³-hybridized carbons (Fsp3) is 0.250. The number of alkyl halides is 1. The summed E-state index contributed by atoms with van der Waals surface area (Å²) in [7, 11) is 1.88. The summed E-state index contributed by atoms with van der Waals surface area (Å²) in [6, 6.07) is 1.78. The zero-order valence-electron chi connectivity index (χ0n) is 6.96. The molecule has 3 nitrogen and oxygen atoms in total. The summed E-state index contributed by atoms with van der Waals surface area (Å²) >= 11 is 11.5. The van der Waals surface area contributed by atoms with Crippen LogP contribution in [0.1, 0.15) is 5.82 Å². The molecule has 0 radical (unpaired) electrons. The molecule has 0 fully saturated rings. The van der Waals surface area contributed by atoms with Crippen LogP contribution in [0.5, 0.6) is 0 Å². The first kappa shape index (κ1) is 8.78. The number of imidazole rings is 1. The van der Waals surface area contributed by atoms with Gasteiger partial charge in [-0.05, 0) is 6.07 Å². The Morgan fingerprint density at radius 3 is 3.00 bits per heavy atom. The predicted molar refractivity (Wildman–Crippen MR) is 53.1 cm³/mol.